The Hall–Kier alpha value is -3.81. The lowest BCUT2D eigenvalue weighted by molar-refractivity contribution is -0.142. The number of nitrogens with one attached hydrogen (secondary N) is 1. The number of carboxylic acids is 1. The van der Waals surface area contributed by atoms with Crippen LogP contribution in [0.25, 0.3) is 11.0 Å². The van der Waals surface area contributed by atoms with E-state index in [4.69, 9.17) is 13.9 Å². The van der Waals surface area contributed by atoms with Crippen LogP contribution in [0.2, 0.25) is 0 Å². The van der Waals surface area contributed by atoms with Gasteiger partial charge in [0, 0.05) is 11.5 Å². The fourth-order valence-electron chi connectivity index (χ4n) is 3.23. The van der Waals surface area contributed by atoms with Crippen LogP contribution in [0.3, 0.4) is 0 Å². The van der Waals surface area contributed by atoms with Crippen molar-refractivity contribution in [2.24, 2.45) is 0 Å². The van der Waals surface area contributed by atoms with Gasteiger partial charge in [0.1, 0.15) is 5.58 Å². The van der Waals surface area contributed by atoms with Crippen molar-refractivity contribution < 1.29 is 28.6 Å². The highest BCUT2D eigenvalue weighted by atomic mass is 16.5. The number of aliphatic carboxylic acids is 1. The smallest absolute Gasteiger partial charge is 0.340 e. The Bertz CT molecular complexity index is 1150. The van der Waals surface area contributed by atoms with E-state index in [9.17, 15) is 19.5 Å². The molecule has 1 amide bonds. The molecule has 1 atom stereocenters. The van der Waals surface area contributed by atoms with E-state index in [1.165, 1.54) is 14.2 Å². The molecule has 0 bridgehead atoms. The minimum Gasteiger partial charge on any atom is -0.493 e. The van der Waals surface area contributed by atoms with Crippen LogP contribution in [0.1, 0.15) is 22.7 Å². The normalized spacial score (nSPS) is 11.7. The number of hydrogen-bond donors (Lipinski definition) is 2. The Morgan fingerprint density at radius 2 is 1.73 bits per heavy atom. The molecular formula is C22H21NO7. The van der Waals surface area contributed by atoms with Crippen molar-refractivity contribution in [2.75, 3.05) is 14.2 Å². The maximum Gasteiger partial charge on any atom is 0.340 e. The number of carbonyl (C=O) groups is 2. The lowest BCUT2D eigenvalue weighted by atomic mass is 10.0. The largest absolute Gasteiger partial charge is 0.493 e. The average Bonchev–Trinajstić information content (AvgIpc) is 2.74. The second-order valence-corrected chi connectivity index (χ2v) is 6.62. The summed E-state index contributed by atoms with van der Waals surface area (Å²) in [6.07, 6.45) is -0.324. The van der Waals surface area contributed by atoms with Crippen molar-refractivity contribution in [3.63, 3.8) is 0 Å². The quantitative estimate of drug-likeness (QED) is 0.574. The van der Waals surface area contributed by atoms with Gasteiger partial charge in [0.15, 0.2) is 17.5 Å². The molecular weight excluding hydrogens is 390 g/mol. The fraction of sp³-hybridized carbons (Fsp3) is 0.227. The highest BCUT2D eigenvalue weighted by Gasteiger charge is 2.24. The summed E-state index contributed by atoms with van der Waals surface area (Å²) >= 11 is 0. The Balaban J connectivity index is 1.93. The van der Waals surface area contributed by atoms with E-state index in [0.29, 0.717) is 33.6 Å². The zero-order chi connectivity index (χ0) is 21.8. The molecule has 3 aromatic rings. The molecule has 0 aliphatic heterocycles. The molecule has 0 aliphatic carbocycles. The fourth-order valence-corrected chi connectivity index (χ4v) is 3.23. The summed E-state index contributed by atoms with van der Waals surface area (Å²) in [5.41, 5.74) is 0.742. The van der Waals surface area contributed by atoms with Crippen molar-refractivity contribution in [2.45, 2.75) is 19.4 Å². The Labute approximate surface area is 172 Å². The van der Waals surface area contributed by atoms with Crippen LogP contribution in [-0.4, -0.2) is 31.2 Å². The standard InChI is InChI=1S/C22H21NO7/c1-12-14-9-17(28-2)18(29-3)11-16(14)30-22(27)15(12)10-19(24)23-20(21(25)26)13-7-5-4-6-8-13/h4-9,11,20H,10H2,1-3H3,(H,23,24)(H,25,26)/t20-/m0/s1. The van der Waals surface area contributed by atoms with E-state index < -0.39 is 23.5 Å². The van der Waals surface area contributed by atoms with Crippen LogP contribution in [-0.2, 0) is 16.0 Å². The molecule has 0 fully saturated rings. The number of rotatable bonds is 7. The summed E-state index contributed by atoms with van der Waals surface area (Å²) in [5, 5.41) is 12.5. The van der Waals surface area contributed by atoms with Gasteiger partial charge in [0.2, 0.25) is 5.91 Å². The molecule has 8 nitrogen and oxygen atoms in total. The first-order chi connectivity index (χ1) is 14.3. The van der Waals surface area contributed by atoms with Gasteiger partial charge in [0.25, 0.3) is 0 Å². The second kappa shape index (κ2) is 8.69. The summed E-state index contributed by atoms with van der Waals surface area (Å²) in [6.45, 7) is 1.69. The Kier molecular flexibility index (Phi) is 6.06. The third-order valence-electron chi connectivity index (χ3n) is 4.81. The summed E-state index contributed by atoms with van der Waals surface area (Å²) in [4.78, 5) is 36.7. The van der Waals surface area contributed by atoms with Gasteiger partial charge in [0.05, 0.1) is 26.2 Å². The summed E-state index contributed by atoms with van der Waals surface area (Å²) < 4.78 is 15.9. The Morgan fingerprint density at radius 3 is 2.33 bits per heavy atom. The third kappa shape index (κ3) is 4.12. The molecule has 0 saturated carbocycles. The third-order valence-corrected chi connectivity index (χ3v) is 4.81. The number of amides is 1. The van der Waals surface area contributed by atoms with Crippen LogP contribution in [0, 0.1) is 6.92 Å². The van der Waals surface area contributed by atoms with Crippen LogP contribution >= 0.6 is 0 Å². The maximum atomic E-state index is 12.6. The zero-order valence-corrected chi connectivity index (χ0v) is 16.7. The summed E-state index contributed by atoms with van der Waals surface area (Å²) in [6, 6.07) is 10.3. The van der Waals surface area contributed by atoms with Crippen molar-refractivity contribution in [3.05, 3.63) is 69.6 Å². The van der Waals surface area contributed by atoms with E-state index in [1.807, 2.05) is 0 Å². The van der Waals surface area contributed by atoms with E-state index in [2.05, 4.69) is 5.32 Å². The first-order valence-electron chi connectivity index (χ1n) is 9.11. The van der Waals surface area contributed by atoms with Gasteiger partial charge in [-0.05, 0) is 24.1 Å². The van der Waals surface area contributed by atoms with Crippen LogP contribution in [0.5, 0.6) is 11.5 Å². The molecule has 0 saturated heterocycles. The van der Waals surface area contributed by atoms with Crippen molar-refractivity contribution in [1.29, 1.82) is 0 Å². The molecule has 0 radical (unpaired) electrons. The van der Waals surface area contributed by atoms with Gasteiger partial charge >= 0.3 is 11.6 Å². The molecule has 30 heavy (non-hydrogen) atoms. The van der Waals surface area contributed by atoms with Crippen LogP contribution in [0.4, 0.5) is 0 Å². The highest BCUT2D eigenvalue weighted by Crippen LogP contribution is 2.33. The number of fused-ring (bicyclic) bond motifs is 1. The number of carboxylic acid groups (broad SMARTS) is 1. The van der Waals surface area contributed by atoms with Crippen molar-refractivity contribution >= 4 is 22.8 Å². The summed E-state index contributed by atoms with van der Waals surface area (Å²) in [7, 11) is 2.96. The Morgan fingerprint density at radius 1 is 1.10 bits per heavy atom. The number of benzene rings is 2. The predicted molar refractivity (Wildman–Crippen MR) is 109 cm³/mol. The second-order valence-electron chi connectivity index (χ2n) is 6.62. The molecule has 0 aliphatic rings. The molecule has 2 N–H and O–H groups in total. The van der Waals surface area contributed by atoms with E-state index >= 15 is 0 Å². The van der Waals surface area contributed by atoms with Crippen molar-refractivity contribution in [3.8, 4) is 11.5 Å². The average molecular weight is 411 g/mol. The summed E-state index contributed by atoms with van der Waals surface area (Å²) in [5.74, 6) is -0.951. The van der Waals surface area contributed by atoms with E-state index in [1.54, 1.807) is 49.4 Å². The molecule has 0 spiro atoms. The molecule has 1 heterocycles. The van der Waals surface area contributed by atoms with E-state index in [0.717, 1.165) is 0 Å². The minimum atomic E-state index is -1.23. The molecule has 8 heteroatoms. The molecule has 3 rings (SSSR count). The number of hydrogen-bond acceptors (Lipinski definition) is 6. The van der Waals surface area contributed by atoms with Gasteiger partial charge in [-0.15, -0.1) is 0 Å². The molecule has 1 aromatic heterocycles. The SMILES string of the molecule is COc1cc2oc(=O)c(CC(=O)N[C@H](C(=O)O)c3ccccc3)c(C)c2cc1OC. The zero-order valence-electron chi connectivity index (χ0n) is 16.7. The van der Waals surface area contributed by atoms with Crippen LogP contribution < -0.4 is 20.4 Å². The van der Waals surface area contributed by atoms with Gasteiger partial charge < -0.3 is 24.3 Å². The molecule has 2 aromatic carbocycles. The molecule has 156 valence electrons. The predicted octanol–water partition coefficient (Wildman–Crippen LogP) is 2.60. The molecule has 0 unspecified atom stereocenters. The van der Waals surface area contributed by atoms with E-state index in [-0.39, 0.29) is 12.0 Å². The lowest BCUT2D eigenvalue weighted by Crippen LogP contribution is -2.35. The number of methoxy groups -OCH3 is 2. The minimum absolute atomic E-state index is 0.143. The van der Waals surface area contributed by atoms with Crippen molar-refractivity contribution in [1.82, 2.24) is 5.32 Å². The number of carbonyl (C=O) groups excluding carboxylic acids is 1. The first kappa shape index (κ1) is 20.9. The number of ether oxygens (including phenoxy) is 2. The highest BCUT2D eigenvalue weighted by molar-refractivity contribution is 5.88. The van der Waals surface area contributed by atoms with Gasteiger partial charge in [-0.2, -0.15) is 0 Å². The van der Waals surface area contributed by atoms with Gasteiger partial charge in [-0.25, -0.2) is 9.59 Å². The lowest BCUT2D eigenvalue weighted by Gasteiger charge is -2.16. The maximum absolute atomic E-state index is 12.6. The number of aryl methyl sites for hydroxylation is 1. The van der Waals surface area contributed by atoms with Crippen LogP contribution in [0.15, 0.2) is 51.7 Å². The monoisotopic (exact) mass is 411 g/mol. The topological polar surface area (TPSA) is 115 Å². The van der Waals surface area contributed by atoms with Gasteiger partial charge in [-0.1, -0.05) is 30.3 Å². The van der Waals surface area contributed by atoms with Gasteiger partial charge in [-0.3, -0.25) is 4.79 Å². The first-order valence-corrected chi connectivity index (χ1v) is 9.11.